The average molecular weight is 471 g/mol. The van der Waals surface area contributed by atoms with E-state index in [0.717, 1.165) is 96.9 Å². The molecule has 0 unspecified atom stereocenters. The zero-order chi connectivity index (χ0) is 24.1. The molecule has 0 aliphatic heterocycles. The summed E-state index contributed by atoms with van der Waals surface area (Å²) in [5.74, 6) is 0.923. The van der Waals surface area contributed by atoms with Gasteiger partial charge in [-0.05, 0) is 107 Å². The van der Waals surface area contributed by atoms with Crippen LogP contribution in [0.5, 0.6) is 5.75 Å². The fourth-order valence-corrected chi connectivity index (χ4v) is 3.60. The van der Waals surface area contributed by atoms with Gasteiger partial charge in [0.25, 0.3) is 0 Å². The van der Waals surface area contributed by atoms with Crippen LogP contribution in [0, 0.1) is 0 Å². The normalized spacial score (nSPS) is 11.1. The monoisotopic (exact) mass is 470 g/mol. The maximum Gasteiger partial charge on any atom is 0.120 e. The summed E-state index contributed by atoms with van der Waals surface area (Å²) in [5.41, 5.74) is 14.7. The van der Waals surface area contributed by atoms with E-state index in [1.165, 1.54) is 16.7 Å². The Balaban J connectivity index is 1.80. The molecule has 2 rings (SSSR count). The SMILES string of the molecule is NCCCNCCCNCc1cc(CNCCCNCCCN)cc(OCc2ccccc2)c1. The molecule has 7 nitrogen and oxygen atoms in total. The molecule has 0 bridgehead atoms. The van der Waals surface area contributed by atoms with E-state index in [4.69, 9.17) is 16.2 Å². The third-order valence-corrected chi connectivity index (χ3v) is 5.46. The predicted molar refractivity (Wildman–Crippen MR) is 143 cm³/mol. The van der Waals surface area contributed by atoms with Crippen molar-refractivity contribution in [1.29, 1.82) is 0 Å². The van der Waals surface area contributed by atoms with E-state index in [2.05, 4.69) is 51.6 Å². The van der Waals surface area contributed by atoms with E-state index >= 15 is 0 Å². The van der Waals surface area contributed by atoms with Crippen molar-refractivity contribution in [3.8, 4) is 5.75 Å². The molecular formula is C27H46N6O. The number of hydrogen-bond donors (Lipinski definition) is 6. The van der Waals surface area contributed by atoms with Crippen molar-refractivity contribution in [3.05, 3.63) is 65.2 Å². The van der Waals surface area contributed by atoms with Crippen molar-refractivity contribution in [2.24, 2.45) is 11.5 Å². The van der Waals surface area contributed by atoms with Crippen LogP contribution >= 0.6 is 0 Å². The Morgan fingerprint density at radius 2 is 1.06 bits per heavy atom. The Hall–Kier alpha value is -2.00. The lowest BCUT2D eigenvalue weighted by atomic mass is 10.1. The first kappa shape index (κ1) is 28.2. The average Bonchev–Trinajstić information content (AvgIpc) is 2.86. The molecule has 190 valence electrons. The van der Waals surface area contributed by atoms with Crippen LogP contribution in [-0.4, -0.2) is 52.4 Å². The molecule has 0 aliphatic carbocycles. The smallest absolute Gasteiger partial charge is 0.120 e. The summed E-state index contributed by atoms with van der Waals surface area (Å²) in [6.07, 6.45) is 4.26. The fraction of sp³-hybridized carbons (Fsp3) is 0.556. The van der Waals surface area contributed by atoms with Gasteiger partial charge in [0.1, 0.15) is 12.4 Å². The highest BCUT2D eigenvalue weighted by atomic mass is 16.5. The second-order valence-corrected chi connectivity index (χ2v) is 8.60. The topological polar surface area (TPSA) is 109 Å². The summed E-state index contributed by atoms with van der Waals surface area (Å²) in [5, 5.41) is 14.0. The third kappa shape index (κ3) is 13.6. The highest BCUT2D eigenvalue weighted by molar-refractivity contribution is 5.35. The highest BCUT2D eigenvalue weighted by Gasteiger charge is 2.04. The van der Waals surface area contributed by atoms with Crippen LogP contribution in [0.1, 0.15) is 42.4 Å². The number of hydrogen-bond acceptors (Lipinski definition) is 7. The van der Waals surface area contributed by atoms with Crippen LogP contribution in [0.3, 0.4) is 0 Å². The van der Waals surface area contributed by atoms with E-state index < -0.39 is 0 Å². The van der Waals surface area contributed by atoms with E-state index in [-0.39, 0.29) is 0 Å². The lowest BCUT2D eigenvalue weighted by Gasteiger charge is -2.13. The minimum Gasteiger partial charge on any atom is -0.489 e. The molecule has 0 aliphatic rings. The van der Waals surface area contributed by atoms with Crippen molar-refractivity contribution >= 4 is 0 Å². The summed E-state index contributed by atoms with van der Waals surface area (Å²) in [6.45, 7) is 9.74. The lowest BCUT2D eigenvalue weighted by Crippen LogP contribution is -2.24. The van der Waals surface area contributed by atoms with E-state index in [9.17, 15) is 0 Å². The third-order valence-electron chi connectivity index (χ3n) is 5.46. The molecule has 0 aromatic heterocycles. The molecule has 0 radical (unpaired) electrons. The van der Waals surface area contributed by atoms with Crippen molar-refractivity contribution < 1.29 is 4.74 Å². The van der Waals surface area contributed by atoms with Crippen LogP contribution in [0.15, 0.2) is 48.5 Å². The van der Waals surface area contributed by atoms with Crippen LogP contribution in [0.25, 0.3) is 0 Å². The minimum atomic E-state index is 0.577. The number of ether oxygens (including phenoxy) is 1. The van der Waals surface area contributed by atoms with Crippen molar-refractivity contribution in [2.45, 2.75) is 45.4 Å². The Labute approximate surface area is 206 Å². The Morgan fingerprint density at radius 3 is 1.59 bits per heavy atom. The molecule has 2 aromatic rings. The van der Waals surface area contributed by atoms with Crippen molar-refractivity contribution in [2.75, 3.05) is 52.4 Å². The predicted octanol–water partition coefficient (Wildman–Crippen LogP) is 2.10. The summed E-state index contributed by atoms with van der Waals surface area (Å²) >= 11 is 0. The zero-order valence-electron chi connectivity index (χ0n) is 20.8. The lowest BCUT2D eigenvalue weighted by molar-refractivity contribution is 0.305. The standard InChI is InChI=1S/C27H46N6O/c28-10-4-12-30-14-6-16-32-21-25-18-26(22-33-17-7-15-31-13-5-11-29)20-27(19-25)34-23-24-8-2-1-3-9-24/h1-3,8-9,18-20,30-33H,4-7,10-17,21-23,28-29H2. The quantitative estimate of drug-likeness (QED) is 0.155. The minimum absolute atomic E-state index is 0.577. The first-order valence-electron chi connectivity index (χ1n) is 12.8. The van der Waals surface area contributed by atoms with Gasteiger partial charge in [-0.25, -0.2) is 0 Å². The van der Waals surface area contributed by atoms with Gasteiger partial charge >= 0.3 is 0 Å². The van der Waals surface area contributed by atoms with Gasteiger partial charge in [0, 0.05) is 13.1 Å². The molecular weight excluding hydrogens is 424 g/mol. The van der Waals surface area contributed by atoms with Crippen LogP contribution in [-0.2, 0) is 19.7 Å². The molecule has 2 aromatic carbocycles. The van der Waals surface area contributed by atoms with Gasteiger partial charge in [0.15, 0.2) is 0 Å². The Kier molecular flexibility index (Phi) is 16.0. The molecule has 8 N–H and O–H groups in total. The van der Waals surface area contributed by atoms with Crippen molar-refractivity contribution in [1.82, 2.24) is 21.3 Å². The van der Waals surface area contributed by atoms with Crippen LogP contribution in [0.4, 0.5) is 0 Å². The van der Waals surface area contributed by atoms with Crippen LogP contribution in [0.2, 0.25) is 0 Å². The Bertz CT molecular complexity index is 705. The molecule has 0 saturated heterocycles. The summed E-state index contributed by atoms with van der Waals surface area (Å²) < 4.78 is 6.14. The van der Waals surface area contributed by atoms with Gasteiger partial charge < -0.3 is 37.5 Å². The van der Waals surface area contributed by atoms with Gasteiger partial charge in [-0.3, -0.25) is 0 Å². The number of nitrogens with one attached hydrogen (secondary N) is 4. The number of rotatable bonds is 21. The first-order valence-corrected chi connectivity index (χ1v) is 12.8. The molecule has 0 amide bonds. The fourth-order valence-electron chi connectivity index (χ4n) is 3.60. The van der Waals surface area contributed by atoms with Gasteiger partial charge in [-0.15, -0.1) is 0 Å². The molecule has 0 fully saturated rings. The van der Waals surface area contributed by atoms with Gasteiger partial charge in [0.05, 0.1) is 0 Å². The second-order valence-electron chi connectivity index (χ2n) is 8.60. The summed E-state index contributed by atoms with van der Waals surface area (Å²) in [7, 11) is 0. The molecule has 0 spiro atoms. The summed E-state index contributed by atoms with van der Waals surface area (Å²) in [4.78, 5) is 0. The molecule has 34 heavy (non-hydrogen) atoms. The largest absolute Gasteiger partial charge is 0.489 e. The van der Waals surface area contributed by atoms with E-state index in [0.29, 0.717) is 6.61 Å². The maximum atomic E-state index is 6.14. The van der Waals surface area contributed by atoms with E-state index in [1.54, 1.807) is 0 Å². The van der Waals surface area contributed by atoms with Gasteiger partial charge in [0.2, 0.25) is 0 Å². The van der Waals surface area contributed by atoms with Crippen LogP contribution < -0.4 is 37.5 Å². The molecule has 7 heteroatoms. The second kappa shape index (κ2) is 19.3. The molecule has 0 atom stereocenters. The zero-order valence-corrected chi connectivity index (χ0v) is 20.8. The number of benzene rings is 2. The Morgan fingerprint density at radius 1 is 0.559 bits per heavy atom. The maximum absolute atomic E-state index is 6.14. The van der Waals surface area contributed by atoms with Gasteiger partial charge in [-0.2, -0.15) is 0 Å². The van der Waals surface area contributed by atoms with Gasteiger partial charge in [-0.1, -0.05) is 36.4 Å². The molecule has 0 saturated carbocycles. The number of nitrogens with two attached hydrogens (primary N) is 2. The molecule has 0 heterocycles. The van der Waals surface area contributed by atoms with E-state index in [1.807, 2.05) is 18.2 Å². The highest BCUT2D eigenvalue weighted by Crippen LogP contribution is 2.19. The summed E-state index contributed by atoms with van der Waals surface area (Å²) in [6, 6.07) is 16.9. The first-order chi connectivity index (χ1) is 16.8. The van der Waals surface area contributed by atoms with Crippen molar-refractivity contribution in [3.63, 3.8) is 0 Å².